The lowest BCUT2D eigenvalue weighted by Gasteiger charge is -2.23. The first kappa shape index (κ1) is 18.9. The van der Waals surface area contributed by atoms with E-state index in [0.29, 0.717) is 18.4 Å². The van der Waals surface area contributed by atoms with E-state index in [1.165, 1.54) is 0 Å². The van der Waals surface area contributed by atoms with E-state index in [2.05, 4.69) is 29.6 Å². The summed E-state index contributed by atoms with van der Waals surface area (Å²) < 4.78 is 7.45. The van der Waals surface area contributed by atoms with Crippen LogP contribution in [0.2, 0.25) is 0 Å². The second-order valence-corrected chi connectivity index (χ2v) is 6.04. The topological polar surface area (TPSA) is 68.2 Å². The van der Waals surface area contributed by atoms with E-state index in [1.807, 2.05) is 13.2 Å². The molecule has 1 aliphatic rings. The Labute approximate surface area is 138 Å². The Morgan fingerprint density at radius 2 is 2.27 bits per heavy atom. The van der Waals surface area contributed by atoms with Gasteiger partial charge in [-0.25, -0.2) is 0 Å². The van der Waals surface area contributed by atoms with Crippen molar-refractivity contribution in [1.29, 1.82) is 0 Å². The Morgan fingerprint density at radius 1 is 1.55 bits per heavy atom. The zero-order valence-electron chi connectivity index (χ0n) is 13.7. The molecule has 3 unspecified atom stereocenters. The number of nitrogens with one attached hydrogen (secondary N) is 2. The molecule has 1 aliphatic heterocycles. The predicted octanol–water partition coefficient (Wildman–Crippen LogP) is 1.28. The minimum atomic E-state index is -0.362. The van der Waals surface area contributed by atoms with Gasteiger partial charge in [0.2, 0.25) is 5.91 Å². The Hall–Kier alpha value is -1.11. The average Bonchev–Trinajstić information content (AvgIpc) is 3.06. The van der Waals surface area contributed by atoms with Gasteiger partial charge in [0, 0.05) is 37.9 Å². The summed E-state index contributed by atoms with van der Waals surface area (Å²) in [6, 6.07) is -0.362. The smallest absolute Gasteiger partial charge is 0.241 e. The summed E-state index contributed by atoms with van der Waals surface area (Å²) in [5, 5.41) is 10.2. The Bertz CT molecular complexity index is 478. The number of hydrogen-bond acceptors (Lipinski definition) is 4. The molecule has 0 spiro atoms. The molecule has 1 fully saturated rings. The van der Waals surface area contributed by atoms with Crippen LogP contribution in [0, 0.1) is 11.8 Å². The number of carbonyl (C=O) groups is 1. The molecule has 1 amide bonds. The SMILES string of the molecule is CNC(C(=O)NCC1CCOC1C(C)C)c1cnn(C)c1.Cl. The van der Waals surface area contributed by atoms with Crippen molar-refractivity contribution in [3.63, 3.8) is 0 Å². The Morgan fingerprint density at radius 3 is 2.82 bits per heavy atom. The average molecular weight is 331 g/mol. The molecule has 1 aromatic heterocycles. The lowest BCUT2D eigenvalue weighted by atomic mass is 9.93. The molecule has 0 saturated carbocycles. The first-order chi connectivity index (χ1) is 10.0. The van der Waals surface area contributed by atoms with E-state index in [1.54, 1.807) is 17.9 Å². The molecule has 6 nitrogen and oxygen atoms in total. The standard InChI is InChI=1S/C15H26N4O2.ClH/c1-10(2)14-11(5-6-21-14)7-17-15(20)13(16-3)12-8-18-19(4)9-12;/h8-11,13-14,16H,5-7H2,1-4H3,(H,17,20);1H. The Balaban J connectivity index is 0.00000242. The third kappa shape index (κ3) is 4.44. The minimum Gasteiger partial charge on any atom is -0.378 e. The van der Waals surface area contributed by atoms with E-state index in [4.69, 9.17) is 4.74 Å². The fraction of sp³-hybridized carbons (Fsp3) is 0.733. The second kappa shape index (κ2) is 8.50. The van der Waals surface area contributed by atoms with E-state index < -0.39 is 0 Å². The van der Waals surface area contributed by atoms with Crippen LogP contribution in [0.4, 0.5) is 0 Å². The highest BCUT2D eigenvalue weighted by atomic mass is 35.5. The summed E-state index contributed by atoms with van der Waals surface area (Å²) >= 11 is 0. The fourth-order valence-electron chi connectivity index (χ4n) is 2.98. The van der Waals surface area contributed by atoms with Crippen molar-refractivity contribution in [3.8, 4) is 0 Å². The third-order valence-electron chi connectivity index (χ3n) is 4.07. The maximum Gasteiger partial charge on any atom is 0.241 e. The normalized spacial score (nSPS) is 22.4. The van der Waals surface area contributed by atoms with Gasteiger partial charge in [0.05, 0.1) is 12.3 Å². The van der Waals surface area contributed by atoms with Crippen molar-refractivity contribution < 1.29 is 9.53 Å². The highest BCUT2D eigenvalue weighted by molar-refractivity contribution is 5.85. The number of carbonyl (C=O) groups excluding carboxylic acids is 1. The molecule has 0 bridgehead atoms. The zero-order valence-corrected chi connectivity index (χ0v) is 14.5. The van der Waals surface area contributed by atoms with Gasteiger partial charge >= 0.3 is 0 Å². The van der Waals surface area contributed by atoms with Gasteiger partial charge in [0.15, 0.2) is 0 Å². The van der Waals surface area contributed by atoms with Gasteiger partial charge in [-0.05, 0) is 19.4 Å². The van der Waals surface area contributed by atoms with E-state index in [9.17, 15) is 4.79 Å². The summed E-state index contributed by atoms with van der Waals surface area (Å²) in [5.41, 5.74) is 0.876. The summed E-state index contributed by atoms with van der Waals surface area (Å²) in [6.07, 6.45) is 4.84. The maximum atomic E-state index is 12.4. The van der Waals surface area contributed by atoms with Crippen molar-refractivity contribution in [2.75, 3.05) is 20.2 Å². The van der Waals surface area contributed by atoms with Crippen molar-refractivity contribution in [2.24, 2.45) is 18.9 Å². The molecule has 2 heterocycles. The molecule has 22 heavy (non-hydrogen) atoms. The number of aryl methyl sites for hydroxylation is 1. The molecule has 0 aliphatic carbocycles. The summed E-state index contributed by atoms with van der Waals surface area (Å²) in [7, 11) is 3.63. The number of rotatable bonds is 6. The van der Waals surface area contributed by atoms with Crippen LogP contribution in [-0.2, 0) is 16.6 Å². The van der Waals surface area contributed by atoms with E-state index >= 15 is 0 Å². The van der Waals surface area contributed by atoms with Crippen LogP contribution in [0.3, 0.4) is 0 Å². The van der Waals surface area contributed by atoms with Gasteiger partial charge in [-0.15, -0.1) is 12.4 Å². The molecular weight excluding hydrogens is 304 g/mol. The molecule has 0 radical (unpaired) electrons. The van der Waals surface area contributed by atoms with Crippen LogP contribution < -0.4 is 10.6 Å². The van der Waals surface area contributed by atoms with Gasteiger partial charge in [0.25, 0.3) is 0 Å². The molecule has 7 heteroatoms. The number of nitrogens with zero attached hydrogens (tertiary/aromatic N) is 2. The number of halogens is 1. The first-order valence-electron chi connectivity index (χ1n) is 7.58. The van der Waals surface area contributed by atoms with Gasteiger partial charge in [-0.2, -0.15) is 5.10 Å². The molecule has 1 aromatic rings. The van der Waals surface area contributed by atoms with Gasteiger partial charge in [-0.3, -0.25) is 9.48 Å². The van der Waals surface area contributed by atoms with Gasteiger partial charge in [-0.1, -0.05) is 13.8 Å². The second-order valence-electron chi connectivity index (χ2n) is 6.04. The monoisotopic (exact) mass is 330 g/mol. The molecule has 0 aromatic carbocycles. The number of amides is 1. The van der Waals surface area contributed by atoms with Gasteiger partial charge < -0.3 is 15.4 Å². The number of aromatic nitrogens is 2. The van der Waals surface area contributed by atoms with Gasteiger partial charge in [0.1, 0.15) is 6.04 Å². The molecule has 3 atom stereocenters. The fourth-order valence-corrected chi connectivity index (χ4v) is 2.98. The van der Waals surface area contributed by atoms with Crippen molar-refractivity contribution in [2.45, 2.75) is 32.4 Å². The van der Waals surface area contributed by atoms with Crippen molar-refractivity contribution in [3.05, 3.63) is 18.0 Å². The van der Waals surface area contributed by atoms with E-state index in [0.717, 1.165) is 18.6 Å². The summed E-state index contributed by atoms with van der Waals surface area (Å²) in [5.74, 6) is 0.869. The number of ether oxygens (including phenoxy) is 1. The van der Waals surface area contributed by atoms with Crippen LogP contribution in [-0.4, -0.2) is 42.0 Å². The zero-order chi connectivity index (χ0) is 15.4. The van der Waals surface area contributed by atoms with E-state index in [-0.39, 0.29) is 30.5 Å². The minimum absolute atomic E-state index is 0. The van der Waals surface area contributed by atoms with Crippen LogP contribution >= 0.6 is 12.4 Å². The summed E-state index contributed by atoms with van der Waals surface area (Å²) in [6.45, 7) is 5.79. The van der Waals surface area contributed by atoms with Crippen molar-refractivity contribution >= 4 is 18.3 Å². The first-order valence-corrected chi connectivity index (χ1v) is 7.58. The quantitative estimate of drug-likeness (QED) is 0.824. The third-order valence-corrected chi connectivity index (χ3v) is 4.07. The number of likely N-dealkylation sites (N-methyl/N-ethyl adjacent to an activating group) is 1. The predicted molar refractivity (Wildman–Crippen MR) is 88.0 cm³/mol. The van der Waals surface area contributed by atoms with Crippen LogP contribution in [0.15, 0.2) is 12.4 Å². The Kier molecular flexibility index (Phi) is 7.32. The molecule has 1 saturated heterocycles. The summed E-state index contributed by atoms with van der Waals surface area (Å²) in [4.78, 5) is 12.4. The lowest BCUT2D eigenvalue weighted by molar-refractivity contribution is -0.123. The van der Waals surface area contributed by atoms with Crippen LogP contribution in [0.1, 0.15) is 31.9 Å². The maximum absolute atomic E-state index is 12.4. The highest BCUT2D eigenvalue weighted by Crippen LogP contribution is 2.26. The molecule has 2 rings (SSSR count). The van der Waals surface area contributed by atoms with Crippen LogP contribution in [0.5, 0.6) is 0 Å². The molecule has 2 N–H and O–H groups in total. The lowest BCUT2D eigenvalue weighted by Crippen LogP contribution is -2.40. The molecule has 126 valence electrons. The van der Waals surface area contributed by atoms with Crippen molar-refractivity contribution in [1.82, 2.24) is 20.4 Å². The largest absolute Gasteiger partial charge is 0.378 e. The molecular formula is C15H27ClN4O2. The van der Waals surface area contributed by atoms with Crippen LogP contribution in [0.25, 0.3) is 0 Å². The highest BCUT2D eigenvalue weighted by Gasteiger charge is 2.31. The number of hydrogen-bond donors (Lipinski definition) is 2.